The van der Waals surface area contributed by atoms with Crippen molar-refractivity contribution >= 4 is 11.6 Å². The van der Waals surface area contributed by atoms with E-state index in [-0.39, 0.29) is 18.9 Å². The fourth-order valence-electron chi connectivity index (χ4n) is 3.19. The van der Waals surface area contributed by atoms with Gasteiger partial charge in [0.25, 0.3) is 0 Å². The van der Waals surface area contributed by atoms with Gasteiger partial charge in [-0.3, -0.25) is 4.79 Å². The molecule has 2 N–H and O–H groups in total. The third-order valence-electron chi connectivity index (χ3n) is 5.11. The maximum atomic E-state index is 14.1. The van der Waals surface area contributed by atoms with Gasteiger partial charge < -0.3 is 10.6 Å². The summed E-state index contributed by atoms with van der Waals surface area (Å²) in [5, 5.41) is 0. The molecule has 0 aliphatic rings. The first-order valence-corrected chi connectivity index (χ1v) is 9.50. The highest BCUT2D eigenvalue weighted by atomic mass is 19.1. The molecule has 150 valence electrons. The molecule has 1 amide bonds. The van der Waals surface area contributed by atoms with Gasteiger partial charge in [0.05, 0.1) is 0 Å². The molecular formula is C24H24F2N2O. The standard InChI is InChI=1S/C24H24F2N2O/c1-16-8-11-21(14-17(16)2)28(13-12-18-9-10-20(25)15-22(18)26)24(29)23(27)19-6-4-3-5-7-19/h3-11,14-15,23H,12-13,27H2,1-2H3/t23-/m0/s1. The zero-order valence-electron chi connectivity index (χ0n) is 16.5. The zero-order valence-corrected chi connectivity index (χ0v) is 16.5. The first-order chi connectivity index (χ1) is 13.9. The number of nitrogens with zero attached hydrogens (tertiary/aromatic N) is 1. The predicted molar refractivity (Wildman–Crippen MR) is 112 cm³/mol. The second-order valence-electron chi connectivity index (χ2n) is 7.13. The molecule has 3 rings (SSSR count). The van der Waals surface area contributed by atoms with Crippen LogP contribution in [0.3, 0.4) is 0 Å². The minimum Gasteiger partial charge on any atom is -0.316 e. The third-order valence-corrected chi connectivity index (χ3v) is 5.11. The number of hydrogen-bond acceptors (Lipinski definition) is 2. The molecule has 3 aromatic carbocycles. The van der Waals surface area contributed by atoms with E-state index in [1.807, 2.05) is 50.2 Å². The van der Waals surface area contributed by atoms with Crippen LogP contribution in [0.1, 0.15) is 28.3 Å². The summed E-state index contributed by atoms with van der Waals surface area (Å²) in [6.45, 7) is 4.19. The number of aryl methyl sites for hydroxylation is 2. The van der Waals surface area contributed by atoms with E-state index in [1.54, 1.807) is 17.0 Å². The highest BCUT2D eigenvalue weighted by molar-refractivity contribution is 5.97. The summed E-state index contributed by atoms with van der Waals surface area (Å²) < 4.78 is 27.3. The lowest BCUT2D eigenvalue weighted by atomic mass is 10.0. The van der Waals surface area contributed by atoms with E-state index in [2.05, 4.69) is 0 Å². The Morgan fingerprint density at radius 3 is 2.34 bits per heavy atom. The number of nitrogens with two attached hydrogens (primary N) is 1. The molecule has 3 aromatic rings. The number of benzene rings is 3. The van der Waals surface area contributed by atoms with E-state index in [9.17, 15) is 13.6 Å². The number of carbonyl (C=O) groups is 1. The van der Waals surface area contributed by atoms with Gasteiger partial charge in [-0.2, -0.15) is 0 Å². The lowest BCUT2D eigenvalue weighted by molar-refractivity contribution is -0.120. The first-order valence-electron chi connectivity index (χ1n) is 9.50. The fraction of sp³-hybridized carbons (Fsp3) is 0.208. The molecule has 0 bridgehead atoms. The van der Waals surface area contributed by atoms with Crippen LogP contribution in [-0.4, -0.2) is 12.5 Å². The highest BCUT2D eigenvalue weighted by Gasteiger charge is 2.24. The molecule has 0 unspecified atom stereocenters. The molecule has 0 radical (unpaired) electrons. The molecule has 0 spiro atoms. The van der Waals surface area contributed by atoms with Crippen LogP contribution in [0, 0.1) is 25.5 Å². The van der Waals surface area contributed by atoms with E-state index in [0.29, 0.717) is 16.8 Å². The Kier molecular flexibility index (Phi) is 6.39. The minimum absolute atomic E-state index is 0.227. The summed E-state index contributed by atoms with van der Waals surface area (Å²) in [6, 6.07) is 17.5. The van der Waals surface area contributed by atoms with Gasteiger partial charge in [0.2, 0.25) is 5.91 Å². The molecule has 29 heavy (non-hydrogen) atoms. The summed E-state index contributed by atoms with van der Waals surface area (Å²) in [5.74, 6) is -1.52. The molecule has 0 aliphatic carbocycles. The Hall–Kier alpha value is -3.05. The van der Waals surface area contributed by atoms with Crippen LogP contribution in [0.4, 0.5) is 14.5 Å². The largest absolute Gasteiger partial charge is 0.316 e. The molecule has 0 heterocycles. The van der Waals surface area contributed by atoms with Crippen molar-refractivity contribution < 1.29 is 13.6 Å². The van der Waals surface area contributed by atoms with Crippen molar-refractivity contribution in [2.45, 2.75) is 26.3 Å². The van der Waals surface area contributed by atoms with Crippen LogP contribution in [0.25, 0.3) is 0 Å². The van der Waals surface area contributed by atoms with E-state index in [1.165, 1.54) is 12.1 Å². The number of halogens is 2. The molecule has 0 saturated heterocycles. The lowest BCUT2D eigenvalue weighted by Crippen LogP contribution is -2.40. The highest BCUT2D eigenvalue weighted by Crippen LogP contribution is 2.23. The van der Waals surface area contributed by atoms with Gasteiger partial charge in [-0.05, 0) is 60.7 Å². The van der Waals surface area contributed by atoms with Crippen molar-refractivity contribution in [1.82, 2.24) is 0 Å². The summed E-state index contributed by atoms with van der Waals surface area (Å²) in [6.07, 6.45) is 0.242. The van der Waals surface area contributed by atoms with Crippen molar-refractivity contribution in [3.8, 4) is 0 Å². The summed E-state index contributed by atoms with van der Waals surface area (Å²) >= 11 is 0. The van der Waals surface area contributed by atoms with Crippen LogP contribution < -0.4 is 10.6 Å². The SMILES string of the molecule is Cc1ccc(N(CCc2ccc(F)cc2F)C(=O)[C@@H](N)c2ccccc2)cc1C. The molecular weight excluding hydrogens is 370 g/mol. The third kappa shape index (κ3) is 4.87. The molecule has 3 nitrogen and oxygen atoms in total. The van der Waals surface area contributed by atoms with Crippen LogP contribution in [0.5, 0.6) is 0 Å². The molecule has 0 saturated carbocycles. The quantitative estimate of drug-likeness (QED) is 0.649. The van der Waals surface area contributed by atoms with Crippen LogP contribution in [0.15, 0.2) is 66.7 Å². The lowest BCUT2D eigenvalue weighted by Gasteiger charge is -2.27. The minimum atomic E-state index is -0.837. The van der Waals surface area contributed by atoms with Gasteiger partial charge in [-0.15, -0.1) is 0 Å². The topological polar surface area (TPSA) is 46.3 Å². The Morgan fingerprint density at radius 2 is 1.69 bits per heavy atom. The van der Waals surface area contributed by atoms with Crippen LogP contribution >= 0.6 is 0 Å². The molecule has 0 aliphatic heterocycles. The van der Waals surface area contributed by atoms with Gasteiger partial charge in [0.1, 0.15) is 17.7 Å². The number of hydrogen-bond donors (Lipinski definition) is 1. The Balaban J connectivity index is 1.90. The van der Waals surface area contributed by atoms with Gasteiger partial charge >= 0.3 is 0 Å². The van der Waals surface area contributed by atoms with Crippen LogP contribution in [0.2, 0.25) is 0 Å². The Bertz CT molecular complexity index is 1010. The van der Waals surface area contributed by atoms with E-state index in [0.717, 1.165) is 17.2 Å². The maximum Gasteiger partial charge on any atom is 0.248 e. The van der Waals surface area contributed by atoms with Crippen molar-refractivity contribution in [2.24, 2.45) is 5.73 Å². The monoisotopic (exact) mass is 394 g/mol. The number of rotatable bonds is 6. The van der Waals surface area contributed by atoms with Crippen molar-refractivity contribution in [3.63, 3.8) is 0 Å². The Morgan fingerprint density at radius 1 is 0.966 bits per heavy atom. The average Bonchev–Trinajstić information content (AvgIpc) is 2.72. The summed E-state index contributed by atoms with van der Waals surface area (Å²) in [4.78, 5) is 14.8. The summed E-state index contributed by atoms with van der Waals surface area (Å²) in [7, 11) is 0. The van der Waals surface area contributed by atoms with E-state index in [4.69, 9.17) is 5.73 Å². The van der Waals surface area contributed by atoms with Gasteiger partial charge in [-0.25, -0.2) is 8.78 Å². The summed E-state index contributed by atoms with van der Waals surface area (Å²) in [5.41, 5.74) is 10.2. The second kappa shape index (κ2) is 8.97. The molecule has 0 aromatic heterocycles. The average molecular weight is 394 g/mol. The van der Waals surface area contributed by atoms with Gasteiger partial charge in [0.15, 0.2) is 0 Å². The van der Waals surface area contributed by atoms with Gasteiger partial charge in [0, 0.05) is 18.3 Å². The number of amides is 1. The van der Waals surface area contributed by atoms with Crippen molar-refractivity contribution in [2.75, 3.05) is 11.4 Å². The second-order valence-corrected chi connectivity index (χ2v) is 7.13. The van der Waals surface area contributed by atoms with Crippen molar-refractivity contribution in [1.29, 1.82) is 0 Å². The maximum absolute atomic E-state index is 14.1. The Labute approximate surface area is 169 Å². The van der Waals surface area contributed by atoms with Crippen LogP contribution in [-0.2, 0) is 11.2 Å². The van der Waals surface area contributed by atoms with E-state index < -0.39 is 17.7 Å². The first kappa shape index (κ1) is 20.7. The predicted octanol–water partition coefficient (Wildman–Crippen LogP) is 4.86. The van der Waals surface area contributed by atoms with Gasteiger partial charge in [-0.1, -0.05) is 42.5 Å². The number of carbonyl (C=O) groups excluding carboxylic acids is 1. The normalized spacial score (nSPS) is 11.9. The van der Waals surface area contributed by atoms with Crippen molar-refractivity contribution in [3.05, 3.63) is 101 Å². The van der Waals surface area contributed by atoms with E-state index >= 15 is 0 Å². The molecule has 5 heteroatoms. The zero-order chi connectivity index (χ0) is 21.0. The molecule has 0 fully saturated rings. The fourth-order valence-corrected chi connectivity index (χ4v) is 3.19. The smallest absolute Gasteiger partial charge is 0.248 e. The number of anilines is 1. The molecule has 1 atom stereocenters.